The van der Waals surface area contributed by atoms with Crippen LogP contribution in [0.3, 0.4) is 0 Å². The number of benzene rings is 1. The molecule has 3 heterocycles. The fraction of sp³-hybridized carbons (Fsp3) is 0.182. The van der Waals surface area contributed by atoms with Crippen molar-refractivity contribution in [1.29, 1.82) is 0 Å². The predicted octanol–water partition coefficient (Wildman–Crippen LogP) is 3.25. The van der Waals surface area contributed by atoms with E-state index in [1.807, 2.05) is 30.3 Å². The van der Waals surface area contributed by atoms with Gasteiger partial charge in [-0.1, -0.05) is 6.07 Å². The van der Waals surface area contributed by atoms with Gasteiger partial charge in [0.1, 0.15) is 5.82 Å². The number of pyridine rings is 2. The van der Waals surface area contributed by atoms with Crippen molar-refractivity contribution >= 4 is 29.0 Å². The first-order valence-electron chi connectivity index (χ1n) is 9.42. The van der Waals surface area contributed by atoms with Crippen LogP contribution in [0.15, 0.2) is 61.1 Å². The third-order valence-corrected chi connectivity index (χ3v) is 4.88. The number of anilines is 3. The van der Waals surface area contributed by atoms with Crippen LogP contribution in [0, 0.1) is 0 Å². The number of carbonyl (C=O) groups is 2. The van der Waals surface area contributed by atoms with Gasteiger partial charge in [0, 0.05) is 50.0 Å². The van der Waals surface area contributed by atoms with E-state index < -0.39 is 0 Å². The van der Waals surface area contributed by atoms with Crippen LogP contribution in [0.4, 0.5) is 17.2 Å². The summed E-state index contributed by atoms with van der Waals surface area (Å²) in [5, 5.41) is 6.13. The summed E-state index contributed by atoms with van der Waals surface area (Å²) < 4.78 is 0. The zero-order chi connectivity index (χ0) is 20.2. The highest BCUT2D eigenvalue weighted by Crippen LogP contribution is 2.31. The van der Waals surface area contributed by atoms with Crippen molar-refractivity contribution in [2.45, 2.75) is 19.9 Å². The monoisotopic (exact) mass is 387 g/mol. The Morgan fingerprint density at radius 3 is 2.72 bits per heavy atom. The van der Waals surface area contributed by atoms with Crippen molar-refractivity contribution < 1.29 is 9.59 Å². The Morgan fingerprint density at radius 2 is 1.93 bits per heavy atom. The number of fused-ring (bicyclic) bond motifs is 1. The lowest BCUT2D eigenvalue weighted by Gasteiger charge is -2.16. The average molecular weight is 387 g/mol. The number of hydrogen-bond acceptors (Lipinski definition) is 5. The first-order valence-corrected chi connectivity index (χ1v) is 9.42. The second-order valence-corrected chi connectivity index (χ2v) is 6.83. The summed E-state index contributed by atoms with van der Waals surface area (Å²) >= 11 is 0. The molecular formula is C22H21N5O2. The second-order valence-electron chi connectivity index (χ2n) is 6.83. The summed E-state index contributed by atoms with van der Waals surface area (Å²) in [7, 11) is 0. The van der Waals surface area contributed by atoms with Gasteiger partial charge in [-0.05, 0) is 53.9 Å². The van der Waals surface area contributed by atoms with Gasteiger partial charge in [0.05, 0.1) is 5.56 Å². The van der Waals surface area contributed by atoms with Crippen molar-refractivity contribution in [3.05, 3.63) is 77.7 Å². The lowest BCUT2D eigenvalue weighted by molar-refractivity contribution is -0.116. The Balaban J connectivity index is 1.51. The molecule has 0 fully saturated rings. The zero-order valence-electron chi connectivity index (χ0n) is 16.1. The third kappa shape index (κ3) is 4.08. The standard InChI is InChI=1S/C22H21N5O2/c1-15(28)27-12-8-17-4-5-18(13-20(17)27)26-22(29)19-3-2-9-24-21(19)25-14-16-6-10-23-11-7-16/h2-7,9-11,13H,8,12,14H2,1H3,(H,24,25)(H,26,29). The Morgan fingerprint density at radius 1 is 1.10 bits per heavy atom. The third-order valence-electron chi connectivity index (χ3n) is 4.88. The molecule has 0 unspecified atom stereocenters. The summed E-state index contributed by atoms with van der Waals surface area (Å²) in [6.45, 7) is 2.76. The molecule has 0 aliphatic carbocycles. The van der Waals surface area contributed by atoms with Crippen LogP contribution in [0.2, 0.25) is 0 Å². The number of rotatable bonds is 5. The first-order chi connectivity index (χ1) is 14.1. The molecule has 0 saturated heterocycles. The minimum atomic E-state index is -0.261. The van der Waals surface area contributed by atoms with Crippen LogP contribution in [0.5, 0.6) is 0 Å². The maximum Gasteiger partial charge on any atom is 0.259 e. The molecule has 1 aliphatic rings. The van der Waals surface area contributed by atoms with Crippen molar-refractivity contribution in [2.75, 3.05) is 22.1 Å². The van der Waals surface area contributed by atoms with E-state index in [0.29, 0.717) is 30.2 Å². The largest absolute Gasteiger partial charge is 0.365 e. The van der Waals surface area contributed by atoms with Gasteiger partial charge in [0.2, 0.25) is 5.91 Å². The highest BCUT2D eigenvalue weighted by molar-refractivity contribution is 6.08. The van der Waals surface area contributed by atoms with Crippen molar-refractivity contribution in [3.8, 4) is 0 Å². The molecule has 0 bridgehead atoms. The van der Waals surface area contributed by atoms with E-state index in [9.17, 15) is 9.59 Å². The van der Waals surface area contributed by atoms with Gasteiger partial charge in [-0.2, -0.15) is 0 Å². The van der Waals surface area contributed by atoms with E-state index in [2.05, 4.69) is 20.6 Å². The fourth-order valence-electron chi connectivity index (χ4n) is 3.40. The normalized spacial score (nSPS) is 12.4. The Kier molecular flexibility index (Phi) is 5.20. The Labute approximate surface area is 168 Å². The SMILES string of the molecule is CC(=O)N1CCc2ccc(NC(=O)c3cccnc3NCc3ccncc3)cc21. The maximum atomic E-state index is 12.9. The van der Waals surface area contributed by atoms with Crippen LogP contribution < -0.4 is 15.5 Å². The Bertz CT molecular complexity index is 1050. The molecule has 0 saturated carbocycles. The first kappa shape index (κ1) is 18.6. The van der Waals surface area contributed by atoms with Gasteiger partial charge in [-0.15, -0.1) is 0 Å². The van der Waals surface area contributed by atoms with E-state index in [1.54, 1.807) is 42.5 Å². The average Bonchev–Trinajstić information content (AvgIpc) is 3.17. The smallest absolute Gasteiger partial charge is 0.259 e. The van der Waals surface area contributed by atoms with Crippen molar-refractivity contribution in [3.63, 3.8) is 0 Å². The van der Waals surface area contributed by atoms with E-state index in [1.165, 1.54) is 0 Å². The zero-order valence-corrected chi connectivity index (χ0v) is 16.1. The van der Waals surface area contributed by atoms with Crippen LogP contribution in [-0.4, -0.2) is 28.3 Å². The van der Waals surface area contributed by atoms with Gasteiger partial charge in [-0.25, -0.2) is 4.98 Å². The molecule has 3 aromatic rings. The van der Waals surface area contributed by atoms with Crippen molar-refractivity contribution in [2.24, 2.45) is 0 Å². The molecule has 29 heavy (non-hydrogen) atoms. The van der Waals surface area contributed by atoms with Crippen LogP contribution in [0.25, 0.3) is 0 Å². The topological polar surface area (TPSA) is 87.2 Å². The van der Waals surface area contributed by atoms with E-state index >= 15 is 0 Å². The molecule has 146 valence electrons. The molecule has 7 nitrogen and oxygen atoms in total. The fourth-order valence-corrected chi connectivity index (χ4v) is 3.40. The van der Waals surface area contributed by atoms with E-state index in [4.69, 9.17) is 0 Å². The highest BCUT2D eigenvalue weighted by Gasteiger charge is 2.23. The van der Waals surface area contributed by atoms with Gasteiger partial charge in [0.25, 0.3) is 5.91 Å². The number of hydrogen-bond donors (Lipinski definition) is 2. The van der Waals surface area contributed by atoms with Crippen LogP contribution in [0.1, 0.15) is 28.4 Å². The number of nitrogens with zero attached hydrogens (tertiary/aromatic N) is 3. The molecule has 7 heteroatoms. The molecule has 0 atom stereocenters. The second kappa shape index (κ2) is 8.10. The van der Waals surface area contributed by atoms with Gasteiger partial charge in [-0.3, -0.25) is 14.6 Å². The number of aromatic nitrogens is 2. The lowest BCUT2D eigenvalue weighted by Crippen LogP contribution is -2.25. The maximum absolute atomic E-state index is 12.9. The van der Waals surface area contributed by atoms with E-state index in [0.717, 1.165) is 23.2 Å². The summed E-state index contributed by atoms with van der Waals surface area (Å²) in [5.74, 6) is 0.248. The van der Waals surface area contributed by atoms with Crippen molar-refractivity contribution in [1.82, 2.24) is 9.97 Å². The summed E-state index contributed by atoms with van der Waals surface area (Å²) in [4.78, 5) is 34.7. The van der Waals surface area contributed by atoms with Gasteiger partial charge in [0.15, 0.2) is 0 Å². The Hall–Kier alpha value is -3.74. The molecule has 0 spiro atoms. The molecule has 1 aliphatic heterocycles. The number of amides is 2. The quantitative estimate of drug-likeness (QED) is 0.702. The molecule has 1 aromatic carbocycles. The predicted molar refractivity (Wildman–Crippen MR) is 112 cm³/mol. The molecule has 2 amide bonds. The minimum absolute atomic E-state index is 0.00193. The molecule has 2 N–H and O–H groups in total. The van der Waals surface area contributed by atoms with E-state index in [-0.39, 0.29) is 11.8 Å². The van der Waals surface area contributed by atoms with Gasteiger partial charge >= 0.3 is 0 Å². The highest BCUT2D eigenvalue weighted by atomic mass is 16.2. The lowest BCUT2D eigenvalue weighted by atomic mass is 10.1. The van der Waals surface area contributed by atoms with Gasteiger partial charge < -0.3 is 15.5 Å². The molecular weight excluding hydrogens is 366 g/mol. The molecule has 4 rings (SSSR count). The van der Waals surface area contributed by atoms with Crippen LogP contribution in [-0.2, 0) is 17.8 Å². The van der Waals surface area contributed by atoms with Crippen LogP contribution >= 0.6 is 0 Å². The summed E-state index contributed by atoms with van der Waals surface area (Å²) in [6, 6.07) is 12.9. The molecule has 0 radical (unpaired) electrons. The summed E-state index contributed by atoms with van der Waals surface area (Å²) in [6.07, 6.45) is 5.92. The number of carbonyl (C=O) groups excluding carboxylic acids is 2. The summed E-state index contributed by atoms with van der Waals surface area (Å²) in [5.41, 5.74) is 4.10. The molecule has 2 aromatic heterocycles. The minimum Gasteiger partial charge on any atom is -0.365 e. The number of nitrogens with one attached hydrogen (secondary N) is 2.